The number of aliphatic hydroxyl groups is 1. The fourth-order valence-electron chi connectivity index (χ4n) is 3.13. The monoisotopic (exact) mass is 272 g/mol. The molecule has 1 aliphatic rings. The zero-order valence-corrected chi connectivity index (χ0v) is 11.7. The third-order valence-corrected chi connectivity index (χ3v) is 4.21. The predicted octanol–water partition coefficient (Wildman–Crippen LogP) is 1.70. The fraction of sp³-hybridized carbons (Fsp3) is 0.533. The lowest BCUT2D eigenvalue weighted by Crippen LogP contribution is -2.30. The summed E-state index contributed by atoms with van der Waals surface area (Å²) in [4.78, 5) is 1.47. The average Bonchev–Trinajstić information content (AvgIpc) is 2.88. The van der Waals surface area contributed by atoms with E-state index in [9.17, 15) is 5.11 Å². The smallest absolute Gasteiger partial charge is 0.175 e. The van der Waals surface area contributed by atoms with E-state index in [1.165, 1.54) is 10.4 Å². The van der Waals surface area contributed by atoms with Crippen molar-refractivity contribution in [2.24, 2.45) is 13.0 Å². The Labute approximate surface area is 118 Å². The maximum atomic E-state index is 10.2. The van der Waals surface area contributed by atoms with Crippen molar-refractivity contribution in [2.45, 2.75) is 37.7 Å². The van der Waals surface area contributed by atoms with Gasteiger partial charge in [-0.25, -0.2) is 0 Å². The molecule has 0 radical (unpaired) electrons. The summed E-state index contributed by atoms with van der Waals surface area (Å²) in [5, 5.41) is 22.3. The van der Waals surface area contributed by atoms with Gasteiger partial charge in [0.05, 0.1) is 13.2 Å². The van der Waals surface area contributed by atoms with Crippen LogP contribution in [0, 0.1) is 5.92 Å². The van der Waals surface area contributed by atoms with Gasteiger partial charge in [-0.2, -0.15) is 4.80 Å². The molecule has 1 fully saturated rings. The first kappa shape index (κ1) is 13.2. The van der Waals surface area contributed by atoms with E-state index in [1.807, 2.05) is 6.07 Å². The number of benzene rings is 1. The van der Waals surface area contributed by atoms with Gasteiger partial charge in [-0.15, -0.1) is 10.2 Å². The standard InChI is InChI=1S/C15H20N4O/c1-19-17-15(16-18-19)10-13-9-12(7-8-14(13)20)11-5-3-2-4-6-11/h2-6,12-14,20H,7-10H2,1H3. The fourth-order valence-corrected chi connectivity index (χ4v) is 3.13. The molecule has 1 aromatic carbocycles. The third kappa shape index (κ3) is 2.88. The normalized spacial score (nSPS) is 26.6. The molecule has 3 rings (SSSR count). The number of nitrogens with zero attached hydrogens (tertiary/aromatic N) is 4. The Balaban J connectivity index is 1.70. The number of aryl methyl sites for hydroxylation is 1. The SMILES string of the molecule is Cn1nnc(CC2CC(c3ccccc3)CCC2O)n1. The van der Waals surface area contributed by atoms with E-state index >= 15 is 0 Å². The van der Waals surface area contributed by atoms with Gasteiger partial charge in [0.15, 0.2) is 5.82 Å². The quantitative estimate of drug-likeness (QED) is 0.923. The molecule has 1 N–H and O–H groups in total. The minimum absolute atomic E-state index is 0.221. The molecule has 1 aliphatic carbocycles. The second-order valence-corrected chi connectivity index (χ2v) is 5.65. The van der Waals surface area contributed by atoms with E-state index in [2.05, 4.69) is 39.7 Å². The van der Waals surface area contributed by atoms with Gasteiger partial charge < -0.3 is 5.11 Å². The van der Waals surface area contributed by atoms with Gasteiger partial charge in [0, 0.05) is 6.42 Å². The molecule has 0 spiro atoms. The maximum Gasteiger partial charge on any atom is 0.175 e. The average molecular weight is 272 g/mol. The van der Waals surface area contributed by atoms with Gasteiger partial charge in [0.25, 0.3) is 0 Å². The van der Waals surface area contributed by atoms with E-state index in [1.54, 1.807) is 7.05 Å². The van der Waals surface area contributed by atoms with Crippen molar-refractivity contribution in [2.75, 3.05) is 0 Å². The van der Waals surface area contributed by atoms with Crippen LogP contribution in [0.3, 0.4) is 0 Å². The van der Waals surface area contributed by atoms with Crippen LogP contribution in [0.1, 0.15) is 36.6 Å². The number of tetrazole rings is 1. The van der Waals surface area contributed by atoms with Gasteiger partial charge >= 0.3 is 0 Å². The van der Waals surface area contributed by atoms with Crippen molar-refractivity contribution in [3.8, 4) is 0 Å². The Morgan fingerprint density at radius 1 is 1.25 bits per heavy atom. The highest BCUT2D eigenvalue weighted by Crippen LogP contribution is 2.37. The van der Waals surface area contributed by atoms with Gasteiger partial charge in [-0.3, -0.25) is 0 Å². The van der Waals surface area contributed by atoms with Crippen molar-refractivity contribution in [1.29, 1.82) is 0 Å². The molecule has 1 heterocycles. The van der Waals surface area contributed by atoms with Crippen molar-refractivity contribution in [1.82, 2.24) is 20.2 Å². The van der Waals surface area contributed by atoms with E-state index in [-0.39, 0.29) is 12.0 Å². The second-order valence-electron chi connectivity index (χ2n) is 5.65. The second kappa shape index (κ2) is 5.71. The van der Waals surface area contributed by atoms with Gasteiger partial charge in [0.1, 0.15) is 0 Å². The van der Waals surface area contributed by atoms with E-state index in [0.29, 0.717) is 12.3 Å². The highest BCUT2D eigenvalue weighted by atomic mass is 16.3. The van der Waals surface area contributed by atoms with Gasteiger partial charge in [0.2, 0.25) is 0 Å². The zero-order valence-electron chi connectivity index (χ0n) is 11.7. The number of hydrogen-bond donors (Lipinski definition) is 1. The summed E-state index contributed by atoms with van der Waals surface area (Å²) in [7, 11) is 1.76. The molecule has 0 saturated heterocycles. The van der Waals surface area contributed by atoms with Crippen molar-refractivity contribution >= 4 is 0 Å². The lowest BCUT2D eigenvalue weighted by atomic mass is 9.75. The molecular formula is C15H20N4O. The molecule has 0 aliphatic heterocycles. The summed E-state index contributed by atoms with van der Waals surface area (Å²) in [5.74, 6) is 1.48. The highest BCUT2D eigenvalue weighted by molar-refractivity contribution is 5.20. The van der Waals surface area contributed by atoms with Crippen LogP contribution in [0.2, 0.25) is 0 Å². The first-order chi connectivity index (χ1) is 9.72. The molecule has 5 heteroatoms. The summed E-state index contributed by atoms with van der Waals surface area (Å²) < 4.78 is 0. The summed E-state index contributed by atoms with van der Waals surface area (Å²) in [5.41, 5.74) is 1.37. The summed E-state index contributed by atoms with van der Waals surface area (Å²) in [6.45, 7) is 0. The van der Waals surface area contributed by atoms with Crippen LogP contribution in [0.25, 0.3) is 0 Å². The summed E-state index contributed by atoms with van der Waals surface area (Å²) in [6.07, 6.45) is 3.35. The molecular weight excluding hydrogens is 252 g/mol. The number of hydrogen-bond acceptors (Lipinski definition) is 4. The predicted molar refractivity (Wildman–Crippen MR) is 75.0 cm³/mol. The first-order valence-corrected chi connectivity index (χ1v) is 7.18. The summed E-state index contributed by atoms with van der Waals surface area (Å²) >= 11 is 0. The van der Waals surface area contributed by atoms with Crippen LogP contribution in [-0.2, 0) is 13.5 Å². The topological polar surface area (TPSA) is 63.8 Å². The molecule has 1 aromatic heterocycles. The molecule has 5 nitrogen and oxygen atoms in total. The molecule has 20 heavy (non-hydrogen) atoms. The Hall–Kier alpha value is -1.75. The van der Waals surface area contributed by atoms with Gasteiger partial charge in [-0.05, 0) is 41.9 Å². The van der Waals surface area contributed by atoms with Crippen LogP contribution in [0.4, 0.5) is 0 Å². The Morgan fingerprint density at radius 2 is 2.05 bits per heavy atom. The highest BCUT2D eigenvalue weighted by Gasteiger charge is 2.30. The molecule has 0 bridgehead atoms. The molecule has 2 aromatic rings. The van der Waals surface area contributed by atoms with Crippen molar-refractivity contribution < 1.29 is 5.11 Å². The van der Waals surface area contributed by atoms with Gasteiger partial charge in [-0.1, -0.05) is 30.3 Å². The van der Waals surface area contributed by atoms with Crippen LogP contribution in [0.5, 0.6) is 0 Å². The Morgan fingerprint density at radius 3 is 2.75 bits per heavy atom. The maximum absolute atomic E-state index is 10.2. The molecule has 3 unspecified atom stereocenters. The minimum atomic E-state index is -0.251. The van der Waals surface area contributed by atoms with E-state index in [4.69, 9.17) is 0 Å². The zero-order chi connectivity index (χ0) is 13.9. The Bertz CT molecular complexity index is 554. The van der Waals surface area contributed by atoms with Crippen molar-refractivity contribution in [3.63, 3.8) is 0 Å². The molecule has 106 valence electrons. The van der Waals surface area contributed by atoms with Crippen LogP contribution >= 0.6 is 0 Å². The van der Waals surface area contributed by atoms with E-state index in [0.717, 1.165) is 25.1 Å². The van der Waals surface area contributed by atoms with Crippen LogP contribution in [0.15, 0.2) is 30.3 Å². The molecule has 1 saturated carbocycles. The van der Waals surface area contributed by atoms with Crippen LogP contribution < -0.4 is 0 Å². The summed E-state index contributed by atoms with van der Waals surface area (Å²) in [6, 6.07) is 10.6. The minimum Gasteiger partial charge on any atom is -0.393 e. The Kier molecular flexibility index (Phi) is 3.78. The van der Waals surface area contributed by atoms with E-state index < -0.39 is 0 Å². The number of rotatable bonds is 3. The number of aliphatic hydroxyl groups excluding tert-OH is 1. The lowest BCUT2D eigenvalue weighted by Gasteiger charge is -2.33. The molecule has 0 amide bonds. The number of aromatic nitrogens is 4. The third-order valence-electron chi connectivity index (χ3n) is 4.21. The lowest BCUT2D eigenvalue weighted by molar-refractivity contribution is 0.0609. The van der Waals surface area contributed by atoms with Crippen molar-refractivity contribution in [3.05, 3.63) is 41.7 Å². The largest absolute Gasteiger partial charge is 0.393 e. The first-order valence-electron chi connectivity index (χ1n) is 7.18. The molecule has 3 atom stereocenters. The van der Waals surface area contributed by atoms with Crippen LogP contribution in [-0.4, -0.2) is 31.4 Å².